The fourth-order valence-corrected chi connectivity index (χ4v) is 4.25. The number of esters is 1. The van der Waals surface area contributed by atoms with Gasteiger partial charge in [0, 0.05) is 30.9 Å². The summed E-state index contributed by atoms with van der Waals surface area (Å²) >= 11 is 0. The first-order valence-electron chi connectivity index (χ1n) is 10.4. The number of rotatable bonds is 4. The number of nitrogens with zero attached hydrogens (tertiary/aromatic N) is 2. The molecule has 2 heterocycles. The first-order valence-corrected chi connectivity index (χ1v) is 10.4. The molecule has 0 saturated carbocycles. The maximum atomic E-state index is 12.7. The highest BCUT2D eigenvalue weighted by molar-refractivity contribution is 6.01. The van der Waals surface area contributed by atoms with Gasteiger partial charge in [-0.3, -0.25) is 14.4 Å². The summed E-state index contributed by atoms with van der Waals surface area (Å²) in [5.74, 6) is -1.37. The molecule has 2 aromatic rings. The van der Waals surface area contributed by atoms with Crippen molar-refractivity contribution in [2.24, 2.45) is 5.92 Å². The minimum absolute atomic E-state index is 0.0954. The molecule has 156 valence electrons. The van der Waals surface area contributed by atoms with Crippen LogP contribution >= 0.6 is 0 Å². The van der Waals surface area contributed by atoms with E-state index in [9.17, 15) is 14.4 Å². The van der Waals surface area contributed by atoms with Crippen LogP contribution in [0.4, 0.5) is 11.4 Å². The second kappa shape index (κ2) is 8.30. The van der Waals surface area contributed by atoms with Crippen LogP contribution in [-0.4, -0.2) is 37.5 Å². The number of anilines is 2. The van der Waals surface area contributed by atoms with Crippen LogP contribution < -0.4 is 9.80 Å². The second-order valence-electron chi connectivity index (χ2n) is 8.01. The highest BCUT2D eigenvalue weighted by Crippen LogP contribution is 2.30. The van der Waals surface area contributed by atoms with Crippen LogP contribution in [-0.2, 0) is 25.5 Å². The largest absolute Gasteiger partial charge is 0.455 e. The summed E-state index contributed by atoms with van der Waals surface area (Å²) in [7, 11) is 0. The lowest BCUT2D eigenvalue weighted by atomic mass is 10.0. The van der Waals surface area contributed by atoms with Crippen molar-refractivity contribution in [3.63, 3.8) is 0 Å². The molecule has 2 aromatic carbocycles. The average molecular weight is 406 g/mol. The van der Waals surface area contributed by atoms with Crippen LogP contribution in [0.15, 0.2) is 42.5 Å². The van der Waals surface area contributed by atoms with Crippen molar-refractivity contribution in [1.29, 1.82) is 0 Å². The number of hydrogen-bond acceptors (Lipinski definition) is 4. The standard InChI is InChI=1S/C24H26N2O4/c1-16-7-5-11-20(17(16)2)26-14-19(13-22(26)27)24(29)30-15-23(28)25-12-6-9-18-8-3-4-10-21(18)25/h3-5,7-8,10-11,19H,6,9,12-15H2,1-2H3/t19-/m0/s1. The Hall–Kier alpha value is -3.15. The topological polar surface area (TPSA) is 66.9 Å². The third-order valence-corrected chi connectivity index (χ3v) is 6.07. The number of para-hydroxylation sites is 1. The van der Waals surface area contributed by atoms with Crippen molar-refractivity contribution in [1.82, 2.24) is 0 Å². The van der Waals surface area contributed by atoms with Crippen LogP contribution in [0.1, 0.15) is 29.5 Å². The Morgan fingerprint density at radius 1 is 1.07 bits per heavy atom. The lowest BCUT2D eigenvalue weighted by Crippen LogP contribution is -2.39. The first kappa shape index (κ1) is 20.1. The van der Waals surface area contributed by atoms with Gasteiger partial charge in [-0.25, -0.2) is 0 Å². The number of ether oxygens (including phenoxy) is 1. The van der Waals surface area contributed by atoms with E-state index in [1.165, 1.54) is 0 Å². The average Bonchev–Trinajstić information content (AvgIpc) is 3.14. The van der Waals surface area contributed by atoms with E-state index in [0.717, 1.165) is 40.9 Å². The van der Waals surface area contributed by atoms with Gasteiger partial charge in [-0.15, -0.1) is 0 Å². The van der Waals surface area contributed by atoms with Crippen molar-refractivity contribution < 1.29 is 19.1 Å². The Morgan fingerprint density at radius 2 is 1.83 bits per heavy atom. The maximum absolute atomic E-state index is 12.7. The molecule has 0 N–H and O–H groups in total. The lowest BCUT2D eigenvalue weighted by molar-refractivity contribution is -0.151. The SMILES string of the molecule is Cc1cccc(N2C[C@@H](C(=O)OCC(=O)N3CCCc4ccccc43)CC2=O)c1C. The van der Waals surface area contributed by atoms with E-state index < -0.39 is 11.9 Å². The molecule has 2 amide bonds. The molecule has 6 heteroatoms. The molecule has 30 heavy (non-hydrogen) atoms. The molecule has 0 spiro atoms. The number of amides is 2. The van der Waals surface area contributed by atoms with Gasteiger partial charge in [0.15, 0.2) is 6.61 Å². The van der Waals surface area contributed by atoms with E-state index in [4.69, 9.17) is 4.74 Å². The number of hydrogen-bond donors (Lipinski definition) is 0. The molecular weight excluding hydrogens is 380 g/mol. The van der Waals surface area contributed by atoms with Gasteiger partial charge in [0.05, 0.1) is 5.92 Å². The quantitative estimate of drug-likeness (QED) is 0.732. The zero-order valence-corrected chi connectivity index (χ0v) is 17.4. The molecule has 2 aliphatic rings. The molecule has 0 bridgehead atoms. The van der Waals surface area contributed by atoms with Gasteiger partial charge in [-0.2, -0.15) is 0 Å². The predicted molar refractivity (Wildman–Crippen MR) is 114 cm³/mol. The van der Waals surface area contributed by atoms with Crippen LogP contribution in [0.25, 0.3) is 0 Å². The van der Waals surface area contributed by atoms with Gasteiger partial charge >= 0.3 is 5.97 Å². The molecule has 4 rings (SSSR count). The maximum Gasteiger partial charge on any atom is 0.311 e. The van der Waals surface area contributed by atoms with E-state index >= 15 is 0 Å². The lowest BCUT2D eigenvalue weighted by Gasteiger charge is -2.29. The monoisotopic (exact) mass is 406 g/mol. The molecular formula is C24H26N2O4. The van der Waals surface area contributed by atoms with Crippen LogP contribution in [0.5, 0.6) is 0 Å². The summed E-state index contributed by atoms with van der Waals surface area (Å²) in [6.07, 6.45) is 1.93. The molecule has 6 nitrogen and oxygen atoms in total. The summed E-state index contributed by atoms with van der Waals surface area (Å²) in [6.45, 7) is 4.56. The molecule has 1 atom stereocenters. The normalized spacial score (nSPS) is 18.3. The molecule has 2 aliphatic heterocycles. The minimum Gasteiger partial charge on any atom is -0.455 e. The Bertz CT molecular complexity index is 1000. The molecule has 0 aromatic heterocycles. The smallest absolute Gasteiger partial charge is 0.311 e. The van der Waals surface area contributed by atoms with Gasteiger partial charge < -0.3 is 14.5 Å². The van der Waals surface area contributed by atoms with Crippen LogP contribution in [0.2, 0.25) is 0 Å². The van der Waals surface area contributed by atoms with Gasteiger partial charge in [0.2, 0.25) is 5.91 Å². The second-order valence-corrected chi connectivity index (χ2v) is 8.01. The molecule has 0 aliphatic carbocycles. The van der Waals surface area contributed by atoms with Gasteiger partial charge in [-0.05, 0) is 55.5 Å². The van der Waals surface area contributed by atoms with Crippen LogP contribution in [0, 0.1) is 19.8 Å². The van der Waals surface area contributed by atoms with E-state index in [0.29, 0.717) is 6.54 Å². The summed E-state index contributed by atoms with van der Waals surface area (Å²) in [4.78, 5) is 41.1. The van der Waals surface area contributed by atoms with E-state index in [2.05, 4.69) is 0 Å². The number of carbonyl (C=O) groups is 3. The van der Waals surface area contributed by atoms with Crippen LogP contribution in [0.3, 0.4) is 0 Å². The van der Waals surface area contributed by atoms with Gasteiger partial charge in [0.25, 0.3) is 5.91 Å². The van der Waals surface area contributed by atoms with Crippen molar-refractivity contribution in [2.45, 2.75) is 33.1 Å². The molecule has 1 saturated heterocycles. The predicted octanol–water partition coefficient (Wildman–Crippen LogP) is 3.18. The Balaban J connectivity index is 1.38. The Labute approximate surface area is 176 Å². The highest BCUT2D eigenvalue weighted by atomic mass is 16.5. The molecule has 0 radical (unpaired) electrons. The summed E-state index contributed by atoms with van der Waals surface area (Å²) in [6, 6.07) is 13.6. The highest BCUT2D eigenvalue weighted by Gasteiger charge is 2.37. The summed E-state index contributed by atoms with van der Waals surface area (Å²) in [5.41, 5.74) is 4.98. The fraction of sp³-hybridized carbons (Fsp3) is 0.375. The molecule has 0 unspecified atom stereocenters. The summed E-state index contributed by atoms with van der Waals surface area (Å²) in [5, 5.41) is 0. The number of fused-ring (bicyclic) bond motifs is 1. The third kappa shape index (κ3) is 3.82. The first-order chi connectivity index (χ1) is 14.5. The van der Waals surface area contributed by atoms with Crippen molar-refractivity contribution in [2.75, 3.05) is 29.5 Å². The summed E-state index contributed by atoms with van der Waals surface area (Å²) < 4.78 is 5.33. The van der Waals surface area contributed by atoms with E-state index in [1.54, 1.807) is 9.80 Å². The number of carbonyl (C=O) groups excluding carboxylic acids is 3. The minimum atomic E-state index is -0.557. The number of benzene rings is 2. The van der Waals surface area contributed by atoms with Crippen molar-refractivity contribution in [3.8, 4) is 0 Å². The fourth-order valence-electron chi connectivity index (χ4n) is 4.25. The zero-order chi connectivity index (χ0) is 21.3. The van der Waals surface area contributed by atoms with Crippen molar-refractivity contribution in [3.05, 3.63) is 59.2 Å². The van der Waals surface area contributed by atoms with E-state index in [1.807, 2.05) is 56.3 Å². The third-order valence-electron chi connectivity index (χ3n) is 6.07. The Kier molecular flexibility index (Phi) is 5.57. The Morgan fingerprint density at radius 3 is 2.67 bits per heavy atom. The number of aryl methyl sites for hydroxylation is 2. The van der Waals surface area contributed by atoms with Crippen molar-refractivity contribution >= 4 is 29.2 Å². The zero-order valence-electron chi connectivity index (χ0n) is 17.4. The van der Waals surface area contributed by atoms with Gasteiger partial charge in [0.1, 0.15) is 0 Å². The van der Waals surface area contributed by atoms with Gasteiger partial charge in [-0.1, -0.05) is 30.3 Å². The van der Waals surface area contributed by atoms with E-state index in [-0.39, 0.29) is 31.4 Å². The molecule has 1 fully saturated rings.